The largest absolute Gasteiger partial charge is 0.459 e. The molecule has 2 heterocycles. The van der Waals surface area contributed by atoms with Crippen molar-refractivity contribution in [3.8, 4) is 17.4 Å². The second-order valence-corrected chi connectivity index (χ2v) is 6.58. The molecule has 0 N–H and O–H groups in total. The molecule has 0 spiro atoms. The van der Waals surface area contributed by atoms with Gasteiger partial charge in [0.2, 0.25) is 0 Å². The Morgan fingerprint density at radius 2 is 1.78 bits per heavy atom. The Morgan fingerprint density at radius 1 is 1.11 bits per heavy atom. The van der Waals surface area contributed by atoms with Gasteiger partial charge in [-0.25, -0.2) is 4.79 Å². The molecule has 3 aromatic rings. The lowest BCUT2D eigenvalue weighted by Gasteiger charge is -2.22. The molecule has 1 aromatic carbocycles. The standard InChI is InChI=1S/C19H17ClN4O3/c1-22(17-15(10-21)18(25)24(3)19(26)23(17)2)11-14-8-9-16(27-14)12-4-6-13(20)7-5-12/h4-9H,11H2,1-3H3. The molecular formula is C19H17ClN4O3. The predicted octanol–water partition coefficient (Wildman–Crippen LogP) is 2.51. The molecule has 138 valence electrons. The zero-order valence-corrected chi connectivity index (χ0v) is 15.8. The first-order chi connectivity index (χ1) is 12.8. The van der Waals surface area contributed by atoms with Crippen LogP contribution in [0.5, 0.6) is 0 Å². The first-order valence-electron chi connectivity index (χ1n) is 8.09. The second-order valence-electron chi connectivity index (χ2n) is 6.15. The highest BCUT2D eigenvalue weighted by Gasteiger charge is 2.19. The number of aromatic nitrogens is 2. The zero-order valence-electron chi connectivity index (χ0n) is 15.1. The number of rotatable bonds is 4. The first-order valence-corrected chi connectivity index (χ1v) is 8.47. The molecule has 0 unspecified atom stereocenters. The van der Waals surface area contributed by atoms with Crippen LogP contribution in [0.2, 0.25) is 5.02 Å². The summed E-state index contributed by atoms with van der Waals surface area (Å²) in [7, 11) is 4.56. The van der Waals surface area contributed by atoms with E-state index in [1.165, 1.54) is 18.7 Å². The average molecular weight is 385 g/mol. The van der Waals surface area contributed by atoms with Gasteiger partial charge in [0.1, 0.15) is 23.4 Å². The van der Waals surface area contributed by atoms with Crippen LogP contribution in [0.1, 0.15) is 11.3 Å². The topological polar surface area (TPSA) is 84.2 Å². The molecule has 0 bridgehead atoms. The van der Waals surface area contributed by atoms with Crippen molar-refractivity contribution >= 4 is 17.4 Å². The van der Waals surface area contributed by atoms with E-state index < -0.39 is 11.2 Å². The third-order valence-corrected chi connectivity index (χ3v) is 4.54. The second kappa shape index (κ2) is 7.17. The van der Waals surface area contributed by atoms with Crippen LogP contribution in [0.4, 0.5) is 5.82 Å². The van der Waals surface area contributed by atoms with E-state index in [1.807, 2.05) is 30.3 Å². The van der Waals surface area contributed by atoms with Gasteiger partial charge in [0.05, 0.1) is 6.54 Å². The van der Waals surface area contributed by atoms with Crippen LogP contribution < -0.4 is 16.1 Å². The lowest BCUT2D eigenvalue weighted by molar-refractivity contribution is 0.517. The fourth-order valence-corrected chi connectivity index (χ4v) is 3.05. The van der Waals surface area contributed by atoms with Crippen molar-refractivity contribution < 1.29 is 4.42 Å². The highest BCUT2D eigenvalue weighted by molar-refractivity contribution is 6.30. The van der Waals surface area contributed by atoms with E-state index >= 15 is 0 Å². The Labute approximate surface area is 160 Å². The molecule has 0 radical (unpaired) electrons. The van der Waals surface area contributed by atoms with Crippen LogP contribution in [0.3, 0.4) is 0 Å². The van der Waals surface area contributed by atoms with Crippen LogP contribution in [0.15, 0.2) is 50.4 Å². The summed E-state index contributed by atoms with van der Waals surface area (Å²) in [4.78, 5) is 26.1. The maximum absolute atomic E-state index is 12.2. The fraction of sp³-hybridized carbons (Fsp3) is 0.211. The molecule has 8 heteroatoms. The predicted molar refractivity (Wildman–Crippen MR) is 103 cm³/mol. The van der Waals surface area contributed by atoms with Gasteiger partial charge in [0.25, 0.3) is 5.56 Å². The van der Waals surface area contributed by atoms with Crippen molar-refractivity contribution in [2.45, 2.75) is 6.54 Å². The molecule has 0 amide bonds. The molecular weight excluding hydrogens is 368 g/mol. The van der Waals surface area contributed by atoms with Crippen molar-refractivity contribution in [1.29, 1.82) is 5.26 Å². The van der Waals surface area contributed by atoms with Crippen LogP contribution in [-0.2, 0) is 20.6 Å². The van der Waals surface area contributed by atoms with E-state index in [4.69, 9.17) is 16.0 Å². The molecule has 0 fully saturated rings. The van der Waals surface area contributed by atoms with Gasteiger partial charge >= 0.3 is 5.69 Å². The number of anilines is 1. The van der Waals surface area contributed by atoms with Crippen molar-refractivity contribution in [1.82, 2.24) is 9.13 Å². The van der Waals surface area contributed by atoms with Crippen molar-refractivity contribution in [3.63, 3.8) is 0 Å². The highest BCUT2D eigenvalue weighted by atomic mass is 35.5. The summed E-state index contributed by atoms with van der Waals surface area (Å²) < 4.78 is 8.06. The molecule has 7 nitrogen and oxygen atoms in total. The monoisotopic (exact) mass is 384 g/mol. The molecule has 2 aromatic heterocycles. The Hall–Kier alpha value is -3.24. The number of halogens is 1. The van der Waals surface area contributed by atoms with Crippen LogP contribution in [0, 0.1) is 11.3 Å². The maximum atomic E-state index is 12.2. The van der Waals surface area contributed by atoms with Gasteiger partial charge in [-0.05, 0) is 36.4 Å². The fourth-order valence-electron chi connectivity index (χ4n) is 2.92. The zero-order chi connectivity index (χ0) is 19.7. The summed E-state index contributed by atoms with van der Waals surface area (Å²) in [6, 6.07) is 12.8. The summed E-state index contributed by atoms with van der Waals surface area (Å²) in [5, 5.41) is 10.0. The average Bonchev–Trinajstić information content (AvgIpc) is 3.11. The van der Waals surface area contributed by atoms with E-state index in [0.717, 1.165) is 10.1 Å². The van der Waals surface area contributed by atoms with Gasteiger partial charge in [-0.1, -0.05) is 11.6 Å². The Balaban J connectivity index is 1.94. The van der Waals surface area contributed by atoms with Crippen LogP contribution in [0.25, 0.3) is 11.3 Å². The van der Waals surface area contributed by atoms with Gasteiger partial charge < -0.3 is 9.32 Å². The summed E-state index contributed by atoms with van der Waals surface area (Å²) in [5.74, 6) is 1.54. The number of benzene rings is 1. The van der Waals surface area contributed by atoms with Gasteiger partial charge in [-0.2, -0.15) is 5.26 Å². The summed E-state index contributed by atoms with van der Waals surface area (Å²) in [6.45, 7) is 0.280. The van der Waals surface area contributed by atoms with Crippen molar-refractivity contribution in [2.75, 3.05) is 11.9 Å². The molecule has 0 saturated heterocycles. The molecule has 0 atom stereocenters. The molecule has 0 aliphatic carbocycles. The quantitative estimate of drug-likeness (QED) is 0.690. The van der Waals surface area contributed by atoms with Crippen LogP contribution >= 0.6 is 11.6 Å². The van der Waals surface area contributed by atoms with E-state index in [1.54, 1.807) is 24.1 Å². The van der Waals surface area contributed by atoms with Gasteiger partial charge in [0.15, 0.2) is 5.56 Å². The molecule has 0 aliphatic rings. The van der Waals surface area contributed by atoms with Crippen LogP contribution in [-0.4, -0.2) is 16.2 Å². The normalized spacial score (nSPS) is 10.6. The van der Waals surface area contributed by atoms with Crippen molar-refractivity contribution in [2.24, 2.45) is 14.1 Å². The van der Waals surface area contributed by atoms with E-state index in [-0.39, 0.29) is 17.9 Å². The lowest BCUT2D eigenvalue weighted by Crippen LogP contribution is -2.41. The summed E-state index contributed by atoms with van der Waals surface area (Å²) in [5.41, 5.74) is -0.329. The maximum Gasteiger partial charge on any atom is 0.332 e. The van der Waals surface area contributed by atoms with E-state index in [0.29, 0.717) is 16.5 Å². The van der Waals surface area contributed by atoms with Gasteiger partial charge in [-0.3, -0.25) is 13.9 Å². The van der Waals surface area contributed by atoms with E-state index in [2.05, 4.69) is 0 Å². The highest BCUT2D eigenvalue weighted by Crippen LogP contribution is 2.25. The number of hydrogen-bond acceptors (Lipinski definition) is 5. The SMILES string of the molecule is CN(Cc1ccc(-c2ccc(Cl)cc2)o1)c1c(C#N)c(=O)n(C)c(=O)n1C. The molecule has 3 rings (SSSR count). The number of nitrogens with zero attached hydrogens (tertiary/aromatic N) is 4. The number of hydrogen-bond donors (Lipinski definition) is 0. The Morgan fingerprint density at radius 3 is 2.41 bits per heavy atom. The van der Waals surface area contributed by atoms with Gasteiger partial charge in [-0.15, -0.1) is 0 Å². The third-order valence-electron chi connectivity index (χ3n) is 4.29. The number of nitriles is 1. The smallest absolute Gasteiger partial charge is 0.332 e. The molecule has 0 saturated carbocycles. The minimum atomic E-state index is -0.622. The first kappa shape index (κ1) is 18.5. The molecule has 0 aliphatic heterocycles. The van der Waals surface area contributed by atoms with Crippen molar-refractivity contribution in [3.05, 3.63) is 73.6 Å². The minimum Gasteiger partial charge on any atom is -0.459 e. The third kappa shape index (κ3) is 3.39. The number of furan rings is 1. The van der Waals surface area contributed by atoms with Gasteiger partial charge in [0, 0.05) is 31.7 Å². The van der Waals surface area contributed by atoms with E-state index in [9.17, 15) is 14.9 Å². The lowest BCUT2D eigenvalue weighted by atomic mass is 10.2. The molecule has 27 heavy (non-hydrogen) atoms. The summed E-state index contributed by atoms with van der Waals surface area (Å²) >= 11 is 5.90. The minimum absolute atomic E-state index is 0.0911. The Kier molecular flexibility index (Phi) is 4.93. The Bertz CT molecular complexity index is 1150. The summed E-state index contributed by atoms with van der Waals surface area (Å²) in [6.07, 6.45) is 0.